The Morgan fingerprint density at radius 3 is 2.60 bits per heavy atom. The molecule has 0 fully saturated rings. The summed E-state index contributed by atoms with van der Waals surface area (Å²) >= 11 is 0. The average molecular weight is 415 g/mol. The number of nitrogens with zero attached hydrogens (tertiary/aromatic N) is 4. The van der Waals surface area contributed by atoms with Gasteiger partial charge in [0.25, 0.3) is 17.4 Å². The van der Waals surface area contributed by atoms with E-state index in [0.29, 0.717) is 12.0 Å². The molecule has 0 saturated carbocycles. The van der Waals surface area contributed by atoms with Crippen LogP contribution in [0.5, 0.6) is 5.75 Å². The molecule has 1 unspecified atom stereocenters. The minimum absolute atomic E-state index is 0.134. The van der Waals surface area contributed by atoms with E-state index in [-0.39, 0.29) is 22.9 Å². The van der Waals surface area contributed by atoms with Crippen LogP contribution >= 0.6 is 0 Å². The third-order valence-corrected chi connectivity index (χ3v) is 4.46. The molecule has 1 aromatic carbocycles. The van der Waals surface area contributed by atoms with Crippen LogP contribution in [0.1, 0.15) is 18.9 Å². The molecule has 2 aromatic rings. The summed E-state index contributed by atoms with van der Waals surface area (Å²) < 4.78 is 5.54. The van der Waals surface area contributed by atoms with Gasteiger partial charge in [-0.05, 0) is 34.9 Å². The fourth-order valence-corrected chi connectivity index (χ4v) is 2.90. The summed E-state index contributed by atoms with van der Waals surface area (Å²) in [5, 5.41) is 24.5. The van der Waals surface area contributed by atoms with Gasteiger partial charge >= 0.3 is 5.82 Å². The number of fused-ring (bicyclic) bond motifs is 1. The Morgan fingerprint density at radius 1 is 1.23 bits per heavy atom. The zero-order valence-electron chi connectivity index (χ0n) is 16.0. The first-order chi connectivity index (χ1) is 14.2. The SMILES string of the molecule is CCC1Oc2ccc([N+](=O)[O-])nc2N(CC(=O)Nc2cc([N+](=O)[O-])ccc2C)C1=O. The molecule has 1 aromatic heterocycles. The van der Waals surface area contributed by atoms with Gasteiger partial charge in [-0.3, -0.25) is 24.6 Å². The molecule has 1 aliphatic rings. The maximum Gasteiger partial charge on any atom is 0.366 e. The standard InChI is InChI=1S/C18H17N5O7/c1-3-13-18(25)21(17-14(30-13)6-7-15(20-17)23(28)29)9-16(24)19-12-8-11(22(26)27)5-4-10(12)2/h4-8,13H,3,9H2,1-2H3,(H,19,24). The lowest BCUT2D eigenvalue weighted by atomic mass is 10.1. The van der Waals surface area contributed by atoms with Gasteiger partial charge in [-0.25, -0.2) is 0 Å². The normalized spacial score (nSPS) is 15.2. The molecule has 1 N–H and O–H groups in total. The fourth-order valence-electron chi connectivity index (χ4n) is 2.90. The molecule has 12 nitrogen and oxygen atoms in total. The van der Waals surface area contributed by atoms with Gasteiger partial charge < -0.3 is 20.2 Å². The molecule has 1 aliphatic heterocycles. The molecule has 0 bridgehead atoms. The molecule has 0 aliphatic carbocycles. The summed E-state index contributed by atoms with van der Waals surface area (Å²) in [6.45, 7) is 2.88. The fraction of sp³-hybridized carbons (Fsp3) is 0.278. The van der Waals surface area contributed by atoms with Gasteiger partial charge in [-0.15, -0.1) is 0 Å². The Bertz CT molecular complexity index is 1060. The number of nitro groups is 2. The highest BCUT2D eigenvalue weighted by Crippen LogP contribution is 2.34. The highest BCUT2D eigenvalue weighted by atomic mass is 16.6. The third kappa shape index (κ3) is 4.01. The number of nitrogens with one attached hydrogen (secondary N) is 1. The Balaban J connectivity index is 1.89. The Labute approximate surface area is 169 Å². The van der Waals surface area contributed by atoms with Gasteiger partial charge in [0.2, 0.25) is 5.91 Å². The zero-order chi connectivity index (χ0) is 22.0. The van der Waals surface area contributed by atoms with E-state index in [1.807, 2.05) is 0 Å². The minimum Gasteiger partial charge on any atom is -0.474 e. The minimum atomic E-state index is -0.867. The second-order valence-electron chi connectivity index (χ2n) is 6.49. The molecule has 0 radical (unpaired) electrons. The van der Waals surface area contributed by atoms with Crippen LogP contribution in [0.25, 0.3) is 0 Å². The summed E-state index contributed by atoms with van der Waals surface area (Å²) in [4.78, 5) is 50.9. The van der Waals surface area contributed by atoms with Crippen molar-refractivity contribution in [1.82, 2.24) is 4.98 Å². The maximum atomic E-state index is 12.7. The topological polar surface area (TPSA) is 158 Å². The number of rotatable bonds is 6. The predicted octanol–water partition coefficient (Wildman–Crippen LogP) is 2.35. The van der Waals surface area contributed by atoms with E-state index in [1.165, 1.54) is 24.3 Å². The van der Waals surface area contributed by atoms with Crippen LogP contribution in [0.4, 0.5) is 23.0 Å². The zero-order valence-corrected chi connectivity index (χ0v) is 16.0. The lowest BCUT2D eigenvalue weighted by molar-refractivity contribution is -0.389. The molecule has 0 spiro atoms. The van der Waals surface area contributed by atoms with Crippen molar-refractivity contribution in [2.24, 2.45) is 0 Å². The van der Waals surface area contributed by atoms with Crippen molar-refractivity contribution in [3.05, 3.63) is 56.1 Å². The van der Waals surface area contributed by atoms with Crippen LogP contribution in [-0.4, -0.2) is 39.3 Å². The van der Waals surface area contributed by atoms with E-state index >= 15 is 0 Å². The number of benzene rings is 1. The van der Waals surface area contributed by atoms with Gasteiger partial charge in [-0.1, -0.05) is 13.0 Å². The lowest BCUT2D eigenvalue weighted by Crippen LogP contribution is -2.49. The van der Waals surface area contributed by atoms with E-state index < -0.39 is 40.1 Å². The van der Waals surface area contributed by atoms with Gasteiger partial charge in [0.15, 0.2) is 11.9 Å². The van der Waals surface area contributed by atoms with Crippen LogP contribution in [0.15, 0.2) is 30.3 Å². The van der Waals surface area contributed by atoms with Gasteiger partial charge in [0.1, 0.15) is 6.54 Å². The predicted molar refractivity (Wildman–Crippen MR) is 104 cm³/mol. The summed E-state index contributed by atoms with van der Waals surface area (Å²) in [6, 6.07) is 6.47. The van der Waals surface area contributed by atoms with Gasteiger partial charge in [0.05, 0.1) is 10.6 Å². The molecular formula is C18H17N5O7. The second-order valence-corrected chi connectivity index (χ2v) is 6.49. The van der Waals surface area contributed by atoms with Gasteiger partial charge in [-0.2, -0.15) is 0 Å². The highest BCUT2D eigenvalue weighted by molar-refractivity contribution is 6.05. The lowest BCUT2D eigenvalue weighted by Gasteiger charge is -2.30. The number of ether oxygens (including phenoxy) is 1. The van der Waals surface area contributed by atoms with E-state index in [1.54, 1.807) is 13.8 Å². The Hall–Kier alpha value is -4.09. The maximum absolute atomic E-state index is 12.7. The van der Waals surface area contributed by atoms with Crippen LogP contribution in [-0.2, 0) is 9.59 Å². The van der Waals surface area contributed by atoms with Crippen LogP contribution in [0.2, 0.25) is 0 Å². The number of hydrogen-bond donors (Lipinski definition) is 1. The number of anilines is 2. The third-order valence-electron chi connectivity index (χ3n) is 4.46. The first kappa shape index (κ1) is 20.6. The average Bonchev–Trinajstić information content (AvgIpc) is 2.70. The second kappa shape index (κ2) is 8.11. The molecule has 0 saturated heterocycles. The van der Waals surface area contributed by atoms with Crippen molar-refractivity contribution in [1.29, 1.82) is 0 Å². The smallest absolute Gasteiger partial charge is 0.366 e. The van der Waals surface area contributed by atoms with Crippen molar-refractivity contribution >= 4 is 34.8 Å². The number of non-ortho nitro benzene ring substituents is 1. The van der Waals surface area contributed by atoms with Crippen LogP contribution in [0.3, 0.4) is 0 Å². The number of aryl methyl sites for hydroxylation is 1. The number of hydrogen-bond acceptors (Lipinski definition) is 8. The van der Waals surface area contributed by atoms with Crippen molar-refractivity contribution in [3.8, 4) is 5.75 Å². The quantitative estimate of drug-likeness (QED) is 0.556. The van der Waals surface area contributed by atoms with Crippen LogP contribution in [0, 0.1) is 27.2 Å². The molecule has 30 heavy (non-hydrogen) atoms. The number of amides is 2. The van der Waals surface area contributed by atoms with E-state index in [9.17, 15) is 29.8 Å². The monoisotopic (exact) mass is 415 g/mol. The largest absolute Gasteiger partial charge is 0.474 e. The van der Waals surface area contributed by atoms with E-state index in [4.69, 9.17) is 4.74 Å². The van der Waals surface area contributed by atoms with E-state index in [0.717, 1.165) is 11.0 Å². The first-order valence-electron chi connectivity index (χ1n) is 8.89. The molecule has 1 atom stereocenters. The summed E-state index contributed by atoms with van der Waals surface area (Å²) in [7, 11) is 0. The number of carbonyl (C=O) groups excluding carboxylic acids is 2. The van der Waals surface area contributed by atoms with E-state index in [2.05, 4.69) is 10.3 Å². The number of aromatic nitrogens is 1. The van der Waals surface area contributed by atoms with Crippen LogP contribution < -0.4 is 15.0 Å². The summed E-state index contributed by atoms with van der Waals surface area (Å²) in [5.41, 5.74) is 0.601. The molecule has 2 heterocycles. The summed E-state index contributed by atoms with van der Waals surface area (Å²) in [6.07, 6.45) is -0.551. The molecule has 12 heteroatoms. The van der Waals surface area contributed by atoms with Crippen molar-refractivity contribution in [2.45, 2.75) is 26.4 Å². The highest BCUT2D eigenvalue weighted by Gasteiger charge is 2.39. The molecule has 3 rings (SSSR count). The number of pyridine rings is 1. The number of carbonyl (C=O) groups is 2. The summed E-state index contributed by atoms with van der Waals surface area (Å²) in [5.74, 6) is -1.71. The van der Waals surface area contributed by atoms with Crippen molar-refractivity contribution < 1.29 is 24.2 Å². The van der Waals surface area contributed by atoms with Crippen molar-refractivity contribution in [3.63, 3.8) is 0 Å². The number of nitro benzene ring substituents is 1. The Kier molecular flexibility index (Phi) is 5.58. The Morgan fingerprint density at radius 2 is 1.97 bits per heavy atom. The first-order valence-corrected chi connectivity index (χ1v) is 8.89. The van der Waals surface area contributed by atoms with Crippen molar-refractivity contribution in [2.75, 3.05) is 16.8 Å². The van der Waals surface area contributed by atoms with Gasteiger partial charge in [0, 0.05) is 18.2 Å². The molecular weight excluding hydrogens is 398 g/mol. The molecule has 156 valence electrons. The molecule has 2 amide bonds.